The van der Waals surface area contributed by atoms with Crippen molar-refractivity contribution in [1.29, 1.82) is 0 Å². The molecule has 0 aromatic carbocycles. The van der Waals surface area contributed by atoms with Gasteiger partial charge in [0.2, 0.25) is 5.91 Å². The van der Waals surface area contributed by atoms with Crippen molar-refractivity contribution in [3.8, 4) is 0 Å². The Morgan fingerprint density at radius 1 is 1.62 bits per heavy atom. The van der Waals surface area contributed by atoms with Gasteiger partial charge in [0.25, 0.3) is 5.91 Å². The zero-order valence-corrected chi connectivity index (χ0v) is 7.93. The van der Waals surface area contributed by atoms with Gasteiger partial charge in [-0.05, 0) is 6.92 Å². The third-order valence-corrected chi connectivity index (χ3v) is 2.13. The second-order valence-corrected chi connectivity index (χ2v) is 3.51. The molecule has 1 aliphatic rings. The van der Waals surface area contributed by atoms with E-state index in [1.807, 2.05) is 0 Å². The number of amidine groups is 1. The van der Waals surface area contributed by atoms with Crippen molar-refractivity contribution in [3.05, 3.63) is 0 Å². The summed E-state index contributed by atoms with van der Waals surface area (Å²) in [6, 6.07) is 0. The van der Waals surface area contributed by atoms with E-state index in [9.17, 15) is 9.59 Å². The van der Waals surface area contributed by atoms with Crippen molar-refractivity contribution in [3.63, 3.8) is 0 Å². The average Bonchev–Trinajstić information content (AvgIpc) is 1.99. The molecule has 0 radical (unpaired) electrons. The number of aliphatic imine (C=N–C) groups is 2. The van der Waals surface area contributed by atoms with Crippen LogP contribution in [0.2, 0.25) is 0 Å². The van der Waals surface area contributed by atoms with E-state index in [1.165, 1.54) is 0 Å². The van der Waals surface area contributed by atoms with Gasteiger partial charge in [-0.3, -0.25) is 9.59 Å². The minimum atomic E-state index is -0.446. The van der Waals surface area contributed by atoms with E-state index in [4.69, 9.17) is 5.73 Å². The van der Waals surface area contributed by atoms with Crippen LogP contribution in [0.3, 0.4) is 0 Å². The Morgan fingerprint density at radius 2 is 2.31 bits per heavy atom. The van der Waals surface area contributed by atoms with Gasteiger partial charge in [-0.2, -0.15) is 4.99 Å². The van der Waals surface area contributed by atoms with Crippen LogP contribution in [0, 0.1) is 0 Å². The van der Waals surface area contributed by atoms with Crippen LogP contribution < -0.4 is 5.73 Å². The summed E-state index contributed by atoms with van der Waals surface area (Å²) in [6.07, 6.45) is 0.265. The lowest BCUT2D eigenvalue weighted by atomic mass is 10.3. The molecule has 1 rings (SSSR count). The van der Waals surface area contributed by atoms with Gasteiger partial charge in [0.1, 0.15) is 0 Å². The van der Waals surface area contributed by atoms with Crippen molar-refractivity contribution >= 4 is 34.5 Å². The molecule has 0 fully saturated rings. The predicted octanol–water partition coefficient (Wildman–Crippen LogP) is -0.0479. The van der Waals surface area contributed by atoms with E-state index < -0.39 is 5.91 Å². The summed E-state index contributed by atoms with van der Waals surface area (Å²) in [5.74, 6) is -0.568. The quantitative estimate of drug-likeness (QED) is 0.676. The average molecular weight is 199 g/mol. The standard InChI is InChI=1S/C7H9N3O2S/c1-4-2-6(12)10-7(9-4)13-3-5(8)11/h2-3H2,1H3,(H2,8,11). The lowest BCUT2D eigenvalue weighted by Gasteiger charge is -2.05. The first-order chi connectivity index (χ1) is 6.08. The fraction of sp³-hybridized carbons (Fsp3) is 0.429. The second kappa shape index (κ2) is 4.18. The van der Waals surface area contributed by atoms with E-state index in [1.54, 1.807) is 6.92 Å². The normalized spacial score (nSPS) is 16.5. The van der Waals surface area contributed by atoms with E-state index >= 15 is 0 Å². The molecule has 0 spiro atoms. The molecule has 1 heterocycles. The number of rotatable bonds is 2. The SMILES string of the molecule is CC1=NC(SCC(N)=O)=NC(=O)C1. The maximum Gasteiger partial charge on any atom is 0.253 e. The lowest BCUT2D eigenvalue weighted by molar-refractivity contribution is -0.117. The minimum absolute atomic E-state index is 0.100. The molecule has 0 aromatic rings. The molecule has 2 amide bonds. The molecule has 0 aromatic heterocycles. The van der Waals surface area contributed by atoms with Crippen molar-refractivity contribution in [2.24, 2.45) is 15.7 Å². The number of hydrogen-bond donors (Lipinski definition) is 1. The Kier molecular flexibility index (Phi) is 3.18. The highest BCUT2D eigenvalue weighted by Crippen LogP contribution is 2.11. The highest BCUT2D eigenvalue weighted by Gasteiger charge is 2.12. The monoisotopic (exact) mass is 199 g/mol. The number of amides is 2. The molecule has 1 aliphatic heterocycles. The van der Waals surface area contributed by atoms with Gasteiger partial charge >= 0.3 is 0 Å². The summed E-state index contributed by atoms with van der Waals surface area (Å²) in [6.45, 7) is 1.75. The van der Waals surface area contributed by atoms with Crippen LogP contribution in [0.1, 0.15) is 13.3 Å². The summed E-state index contributed by atoms with van der Waals surface area (Å²) in [5.41, 5.74) is 5.65. The first kappa shape index (κ1) is 9.91. The van der Waals surface area contributed by atoms with E-state index in [0.29, 0.717) is 10.9 Å². The largest absolute Gasteiger partial charge is 0.369 e. The molecule has 2 N–H and O–H groups in total. The zero-order valence-electron chi connectivity index (χ0n) is 7.11. The third kappa shape index (κ3) is 3.37. The van der Waals surface area contributed by atoms with Gasteiger partial charge in [-0.25, -0.2) is 4.99 Å². The van der Waals surface area contributed by atoms with E-state index in [0.717, 1.165) is 11.8 Å². The first-order valence-electron chi connectivity index (χ1n) is 3.64. The molecular weight excluding hydrogens is 190 g/mol. The molecular formula is C7H9N3O2S. The van der Waals surface area contributed by atoms with Crippen LogP contribution >= 0.6 is 11.8 Å². The molecule has 13 heavy (non-hydrogen) atoms. The third-order valence-electron chi connectivity index (χ3n) is 1.26. The molecule has 0 atom stereocenters. The smallest absolute Gasteiger partial charge is 0.253 e. The number of nitrogens with two attached hydrogens (primary N) is 1. The van der Waals surface area contributed by atoms with E-state index in [2.05, 4.69) is 9.98 Å². The van der Waals surface area contributed by atoms with Crippen molar-refractivity contribution < 1.29 is 9.59 Å². The molecule has 0 bridgehead atoms. The number of nitrogens with zero attached hydrogens (tertiary/aromatic N) is 2. The number of primary amides is 1. The van der Waals surface area contributed by atoms with Gasteiger partial charge in [0.15, 0.2) is 5.17 Å². The van der Waals surface area contributed by atoms with Crippen LogP contribution in [0.5, 0.6) is 0 Å². The van der Waals surface area contributed by atoms with Crippen LogP contribution in [-0.2, 0) is 9.59 Å². The van der Waals surface area contributed by atoms with E-state index in [-0.39, 0.29) is 18.1 Å². The molecule has 0 unspecified atom stereocenters. The van der Waals surface area contributed by atoms with Crippen LogP contribution in [0.4, 0.5) is 0 Å². The van der Waals surface area contributed by atoms with Crippen LogP contribution in [-0.4, -0.2) is 28.4 Å². The Hall–Kier alpha value is -1.17. The maximum atomic E-state index is 10.9. The minimum Gasteiger partial charge on any atom is -0.369 e. The van der Waals surface area contributed by atoms with Gasteiger partial charge in [0, 0.05) is 5.71 Å². The highest BCUT2D eigenvalue weighted by molar-refractivity contribution is 8.14. The summed E-state index contributed by atoms with van der Waals surface area (Å²) in [7, 11) is 0. The topological polar surface area (TPSA) is 84.9 Å². The Bertz CT molecular complexity index is 309. The fourth-order valence-corrected chi connectivity index (χ4v) is 1.45. The Labute approximate surface area is 79.5 Å². The molecule has 0 aliphatic carbocycles. The summed E-state index contributed by atoms with van der Waals surface area (Å²) >= 11 is 1.08. The van der Waals surface area contributed by atoms with Gasteiger partial charge in [-0.1, -0.05) is 11.8 Å². The van der Waals surface area contributed by atoms with Crippen molar-refractivity contribution in [1.82, 2.24) is 0 Å². The van der Waals surface area contributed by atoms with Crippen molar-refractivity contribution in [2.75, 3.05) is 5.75 Å². The van der Waals surface area contributed by atoms with Crippen LogP contribution in [0.25, 0.3) is 0 Å². The predicted molar refractivity (Wildman–Crippen MR) is 51.8 cm³/mol. The summed E-state index contributed by atoms with van der Waals surface area (Å²) in [5, 5.41) is 0.326. The number of hydrogen-bond acceptors (Lipinski definition) is 4. The number of thioether (sulfide) groups is 1. The van der Waals surface area contributed by atoms with Gasteiger partial charge < -0.3 is 5.73 Å². The highest BCUT2D eigenvalue weighted by atomic mass is 32.2. The maximum absolute atomic E-state index is 10.9. The lowest BCUT2D eigenvalue weighted by Crippen LogP contribution is -2.17. The van der Waals surface area contributed by atoms with Gasteiger partial charge in [-0.15, -0.1) is 0 Å². The number of carbonyl (C=O) groups excluding carboxylic acids is 2. The summed E-state index contributed by atoms with van der Waals surface area (Å²) < 4.78 is 0. The Morgan fingerprint density at radius 3 is 2.85 bits per heavy atom. The molecule has 0 saturated heterocycles. The molecule has 70 valence electrons. The van der Waals surface area contributed by atoms with Crippen molar-refractivity contribution in [2.45, 2.75) is 13.3 Å². The summed E-state index contributed by atoms with van der Waals surface area (Å²) in [4.78, 5) is 29.0. The van der Waals surface area contributed by atoms with Crippen LogP contribution in [0.15, 0.2) is 9.98 Å². The first-order valence-corrected chi connectivity index (χ1v) is 4.63. The second-order valence-electron chi connectivity index (χ2n) is 2.57. The van der Waals surface area contributed by atoms with Gasteiger partial charge in [0.05, 0.1) is 12.2 Å². The molecule has 6 heteroatoms. The molecule has 5 nitrogen and oxygen atoms in total. The number of carbonyl (C=O) groups is 2. The zero-order chi connectivity index (χ0) is 9.84. The Balaban J connectivity index is 2.59. The fourth-order valence-electron chi connectivity index (χ4n) is 0.793. The molecule has 0 saturated carbocycles.